The van der Waals surface area contributed by atoms with E-state index in [4.69, 9.17) is 4.74 Å². The van der Waals surface area contributed by atoms with Gasteiger partial charge in [-0.1, -0.05) is 0 Å². The van der Waals surface area contributed by atoms with Gasteiger partial charge in [0.25, 0.3) is 0 Å². The zero-order valence-electron chi connectivity index (χ0n) is 8.29. The first-order valence-corrected chi connectivity index (χ1v) is 4.52. The molecule has 0 radical (unpaired) electrons. The Balaban J connectivity index is 2.40. The van der Waals surface area contributed by atoms with Crippen LogP contribution in [0.5, 0.6) is 0 Å². The van der Waals surface area contributed by atoms with Crippen LogP contribution in [0.2, 0.25) is 0 Å². The number of aryl methyl sites for hydroxylation is 1. The van der Waals surface area contributed by atoms with Gasteiger partial charge in [-0.3, -0.25) is 0 Å². The summed E-state index contributed by atoms with van der Waals surface area (Å²) < 4.78 is 7.14. The maximum absolute atomic E-state index is 4.99. The zero-order chi connectivity index (χ0) is 9.52. The average Bonchev–Trinajstić information content (AvgIpc) is 2.54. The number of hydrogen-bond acceptors (Lipinski definition) is 3. The van der Waals surface area contributed by atoms with Crippen molar-refractivity contribution >= 4 is 0 Å². The van der Waals surface area contributed by atoms with Crippen LogP contribution in [0.15, 0.2) is 12.4 Å². The summed E-state index contributed by atoms with van der Waals surface area (Å²) >= 11 is 0. The minimum absolute atomic E-state index is 0.803. The molecule has 1 aromatic heterocycles. The van der Waals surface area contributed by atoms with Gasteiger partial charge in [0.2, 0.25) is 0 Å². The van der Waals surface area contributed by atoms with Crippen molar-refractivity contribution in [3.8, 4) is 0 Å². The third kappa shape index (κ3) is 3.16. The molecule has 0 amide bonds. The van der Waals surface area contributed by atoms with E-state index in [0.29, 0.717) is 0 Å². The molecule has 0 aliphatic carbocycles. The molecule has 0 aliphatic rings. The Kier molecular flexibility index (Phi) is 4.49. The third-order valence-electron chi connectivity index (χ3n) is 1.88. The summed E-state index contributed by atoms with van der Waals surface area (Å²) in [5.41, 5.74) is 0. The summed E-state index contributed by atoms with van der Waals surface area (Å²) in [6.07, 6.45) is 4.87. The fraction of sp³-hybridized carbons (Fsp3) is 0.667. The number of nitrogens with zero attached hydrogens (tertiary/aromatic N) is 2. The quantitative estimate of drug-likeness (QED) is 0.658. The summed E-state index contributed by atoms with van der Waals surface area (Å²) in [4.78, 5) is 4.24. The second kappa shape index (κ2) is 5.72. The maximum atomic E-state index is 4.99. The van der Waals surface area contributed by atoms with Gasteiger partial charge in [0.15, 0.2) is 0 Å². The van der Waals surface area contributed by atoms with E-state index in [1.54, 1.807) is 7.11 Å². The molecule has 1 N–H and O–H groups in total. The van der Waals surface area contributed by atoms with Crippen molar-refractivity contribution in [1.29, 1.82) is 0 Å². The predicted molar refractivity (Wildman–Crippen MR) is 51.5 cm³/mol. The first-order valence-electron chi connectivity index (χ1n) is 4.52. The molecule has 1 rings (SSSR count). The molecule has 1 heterocycles. The lowest BCUT2D eigenvalue weighted by molar-refractivity contribution is 0.190. The lowest BCUT2D eigenvalue weighted by atomic mass is 10.4. The molecular formula is C9H17N3O. The number of nitrogens with one attached hydrogen (secondary N) is 1. The van der Waals surface area contributed by atoms with Crippen molar-refractivity contribution < 1.29 is 4.74 Å². The van der Waals surface area contributed by atoms with Crippen LogP contribution in [0, 0.1) is 0 Å². The fourth-order valence-electron chi connectivity index (χ4n) is 1.25. The molecule has 1 aromatic rings. The van der Waals surface area contributed by atoms with Crippen LogP contribution in [-0.2, 0) is 17.8 Å². The number of methoxy groups -OCH3 is 1. The van der Waals surface area contributed by atoms with Gasteiger partial charge >= 0.3 is 0 Å². The van der Waals surface area contributed by atoms with E-state index in [-0.39, 0.29) is 0 Å². The highest BCUT2D eigenvalue weighted by molar-refractivity contribution is 4.91. The van der Waals surface area contributed by atoms with Crippen LogP contribution in [0.3, 0.4) is 0 Å². The van der Waals surface area contributed by atoms with Crippen molar-refractivity contribution in [2.45, 2.75) is 19.5 Å². The minimum atomic E-state index is 0.803. The standard InChI is InChI=1S/C9H17N3O/c1-10-8-9-11-4-6-12(9)5-3-7-13-2/h4,6,10H,3,5,7-8H2,1-2H3. The molecule has 74 valence electrons. The molecular weight excluding hydrogens is 166 g/mol. The van der Waals surface area contributed by atoms with Crippen molar-refractivity contribution in [2.24, 2.45) is 0 Å². The Labute approximate surface area is 78.9 Å². The van der Waals surface area contributed by atoms with Gasteiger partial charge < -0.3 is 14.6 Å². The molecule has 0 bridgehead atoms. The lowest BCUT2D eigenvalue weighted by Crippen LogP contribution is -2.12. The number of hydrogen-bond donors (Lipinski definition) is 1. The van der Waals surface area contributed by atoms with Gasteiger partial charge in [-0.2, -0.15) is 0 Å². The number of aromatic nitrogens is 2. The van der Waals surface area contributed by atoms with Gasteiger partial charge in [0.1, 0.15) is 5.82 Å². The largest absolute Gasteiger partial charge is 0.385 e. The van der Waals surface area contributed by atoms with Crippen LogP contribution >= 0.6 is 0 Å². The summed E-state index contributed by atoms with van der Waals surface area (Å²) in [5.74, 6) is 1.08. The molecule has 4 heteroatoms. The topological polar surface area (TPSA) is 39.1 Å². The van der Waals surface area contributed by atoms with Crippen LogP contribution in [0.4, 0.5) is 0 Å². The average molecular weight is 183 g/mol. The first-order chi connectivity index (χ1) is 6.38. The van der Waals surface area contributed by atoms with E-state index in [1.165, 1.54) is 0 Å². The van der Waals surface area contributed by atoms with Crippen LogP contribution in [0.1, 0.15) is 12.2 Å². The Hall–Kier alpha value is -0.870. The van der Waals surface area contributed by atoms with Crippen molar-refractivity contribution in [3.05, 3.63) is 18.2 Å². The van der Waals surface area contributed by atoms with E-state index < -0.39 is 0 Å². The minimum Gasteiger partial charge on any atom is -0.385 e. The van der Waals surface area contributed by atoms with Crippen molar-refractivity contribution in [1.82, 2.24) is 14.9 Å². The predicted octanol–water partition coefficient (Wildman–Crippen LogP) is 0.639. The van der Waals surface area contributed by atoms with E-state index in [1.807, 2.05) is 19.4 Å². The van der Waals surface area contributed by atoms with Crippen LogP contribution in [0.25, 0.3) is 0 Å². The zero-order valence-corrected chi connectivity index (χ0v) is 8.29. The molecule has 0 spiro atoms. The summed E-state index contributed by atoms with van der Waals surface area (Å²) in [6.45, 7) is 2.60. The monoisotopic (exact) mass is 183 g/mol. The van der Waals surface area contributed by atoms with Crippen molar-refractivity contribution in [2.75, 3.05) is 20.8 Å². The maximum Gasteiger partial charge on any atom is 0.122 e. The summed E-state index contributed by atoms with van der Waals surface area (Å²) in [6, 6.07) is 0. The van der Waals surface area contributed by atoms with E-state index in [2.05, 4.69) is 14.9 Å². The van der Waals surface area contributed by atoms with E-state index in [0.717, 1.165) is 31.9 Å². The second-order valence-corrected chi connectivity index (χ2v) is 2.91. The molecule has 4 nitrogen and oxygen atoms in total. The highest BCUT2D eigenvalue weighted by Gasteiger charge is 1.99. The normalized spacial score (nSPS) is 10.6. The van der Waals surface area contributed by atoms with Gasteiger partial charge in [0.05, 0.1) is 6.54 Å². The van der Waals surface area contributed by atoms with Crippen LogP contribution in [-0.4, -0.2) is 30.3 Å². The van der Waals surface area contributed by atoms with E-state index >= 15 is 0 Å². The Morgan fingerprint density at radius 3 is 3.15 bits per heavy atom. The van der Waals surface area contributed by atoms with Gasteiger partial charge in [-0.05, 0) is 13.5 Å². The van der Waals surface area contributed by atoms with Gasteiger partial charge in [0, 0.05) is 32.7 Å². The molecule has 0 aliphatic heterocycles. The van der Waals surface area contributed by atoms with E-state index in [9.17, 15) is 0 Å². The molecule has 0 atom stereocenters. The summed E-state index contributed by atoms with van der Waals surface area (Å²) in [7, 11) is 3.65. The van der Waals surface area contributed by atoms with Crippen LogP contribution < -0.4 is 5.32 Å². The molecule has 0 aromatic carbocycles. The van der Waals surface area contributed by atoms with Crippen molar-refractivity contribution in [3.63, 3.8) is 0 Å². The third-order valence-corrected chi connectivity index (χ3v) is 1.88. The number of imidazole rings is 1. The first kappa shape index (κ1) is 10.2. The Morgan fingerprint density at radius 2 is 2.46 bits per heavy atom. The highest BCUT2D eigenvalue weighted by atomic mass is 16.5. The fourth-order valence-corrected chi connectivity index (χ4v) is 1.25. The Bertz CT molecular complexity index is 235. The van der Waals surface area contributed by atoms with Gasteiger partial charge in [-0.15, -0.1) is 0 Å². The molecule has 0 fully saturated rings. The van der Waals surface area contributed by atoms with Gasteiger partial charge in [-0.25, -0.2) is 4.98 Å². The number of ether oxygens (including phenoxy) is 1. The smallest absolute Gasteiger partial charge is 0.122 e. The summed E-state index contributed by atoms with van der Waals surface area (Å²) in [5, 5.41) is 3.09. The lowest BCUT2D eigenvalue weighted by Gasteiger charge is -2.06. The Morgan fingerprint density at radius 1 is 1.62 bits per heavy atom. The molecule has 0 saturated heterocycles. The molecule has 13 heavy (non-hydrogen) atoms. The number of rotatable bonds is 6. The molecule has 0 unspecified atom stereocenters. The molecule has 0 saturated carbocycles. The highest BCUT2D eigenvalue weighted by Crippen LogP contribution is 1.98. The SMILES string of the molecule is CNCc1nccn1CCCOC. The second-order valence-electron chi connectivity index (χ2n) is 2.91.